The second-order valence-electron chi connectivity index (χ2n) is 10.9. The number of carbonyl (C=O) groups excluding carboxylic acids is 2. The van der Waals surface area contributed by atoms with E-state index in [9.17, 15) is 9.59 Å². The lowest BCUT2D eigenvalue weighted by Gasteiger charge is -2.36. The van der Waals surface area contributed by atoms with Crippen molar-refractivity contribution in [2.45, 2.75) is 71.1 Å². The van der Waals surface area contributed by atoms with Crippen molar-refractivity contribution in [2.24, 2.45) is 0 Å². The normalized spacial score (nSPS) is 15.6. The molecule has 2 heterocycles. The van der Waals surface area contributed by atoms with Gasteiger partial charge in [-0.25, -0.2) is 0 Å². The number of amides is 1. The molecule has 2 aromatic carbocycles. The second-order valence-corrected chi connectivity index (χ2v) is 11.7. The Morgan fingerprint density at radius 2 is 1.71 bits per heavy atom. The molecule has 9 heteroatoms. The third-order valence-corrected chi connectivity index (χ3v) is 8.69. The molecule has 2 aliphatic heterocycles. The summed E-state index contributed by atoms with van der Waals surface area (Å²) in [6.45, 7) is 7.59. The van der Waals surface area contributed by atoms with E-state index < -0.39 is 0 Å². The number of anilines is 2. The summed E-state index contributed by atoms with van der Waals surface area (Å²) in [5.41, 5.74) is 2.87. The highest BCUT2D eigenvalue weighted by Gasteiger charge is 2.26. The molecule has 0 aliphatic carbocycles. The molecule has 1 amide bonds. The van der Waals surface area contributed by atoms with Crippen LogP contribution < -0.4 is 14.5 Å². The van der Waals surface area contributed by atoms with E-state index in [0.29, 0.717) is 35.9 Å². The highest BCUT2D eigenvalue weighted by atomic mass is 35.5. The van der Waals surface area contributed by atoms with Crippen LogP contribution >= 0.6 is 23.2 Å². The molecule has 4 rings (SSSR count). The number of fused-ring (bicyclic) bond motifs is 1. The van der Waals surface area contributed by atoms with Crippen molar-refractivity contribution in [3.05, 3.63) is 52.0 Å². The van der Waals surface area contributed by atoms with Crippen molar-refractivity contribution in [3.63, 3.8) is 0 Å². The Bertz CT molecular complexity index is 1150. The molecule has 0 radical (unpaired) electrons. The fourth-order valence-corrected chi connectivity index (χ4v) is 5.82. The number of nitrogens with zero attached hydrogens (tertiary/aromatic N) is 3. The van der Waals surface area contributed by atoms with E-state index in [2.05, 4.69) is 16.7 Å². The average molecular weight is 605 g/mol. The minimum Gasteiger partial charge on any atom is -0.494 e. The lowest BCUT2D eigenvalue weighted by Crippen LogP contribution is -2.46. The van der Waals surface area contributed by atoms with Gasteiger partial charge in [0.2, 0.25) is 5.91 Å². The van der Waals surface area contributed by atoms with Gasteiger partial charge in [0, 0.05) is 45.1 Å². The summed E-state index contributed by atoms with van der Waals surface area (Å²) in [7, 11) is 0. The first-order chi connectivity index (χ1) is 20.0. The van der Waals surface area contributed by atoms with Gasteiger partial charge in [-0.05, 0) is 56.0 Å². The summed E-state index contributed by atoms with van der Waals surface area (Å²) >= 11 is 12.6. The Kier molecular flexibility index (Phi) is 12.5. The first-order valence-corrected chi connectivity index (χ1v) is 15.8. The molecule has 0 atom stereocenters. The first-order valence-electron chi connectivity index (χ1n) is 15.1. The van der Waals surface area contributed by atoms with Crippen LogP contribution in [0.3, 0.4) is 0 Å². The van der Waals surface area contributed by atoms with Crippen LogP contribution in [0, 0.1) is 0 Å². The molecule has 224 valence electrons. The van der Waals surface area contributed by atoms with E-state index in [1.54, 1.807) is 4.90 Å². The lowest BCUT2D eigenvalue weighted by atomic mass is 10.0. The van der Waals surface area contributed by atoms with E-state index in [4.69, 9.17) is 32.7 Å². The zero-order valence-corrected chi connectivity index (χ0v) is 25.7. The Balaban J connectivity index is 1.17. The molecule has 0 N–H and O–H groups in total. The van der Waals surface area contributed by atoms with Crippen molar-refractivity contribution < 1.29 is 19.1 Å². The van der Waals surface area contributed by atoms with Gasteiger partial charge in [-0.2, -0.15) is 0 Å². The van der Waals surface area contributed by atoms with Crippen LogP contribution in [0.25, 0.3) is 0 Å². The predicted octanol–water partition coefficient (Wildman–Crippen LogP) is 7.12. The van der Waals surface area contributed by atoms with Crippen molar-refractivity contribution >= 4 is 46.5 Å². The molecule has 0 bridgehead atoms. The first kappa shape index (κ1) is 31.5. The molecule has 0 spiro atoms. The maximum Gasteiger partial charge on any atom is 0.307 e. The van der Waals surface area contributed by atoms with Gasteiger partial charge in [-0.1, -0.05) is 67.9 Å². The van der Waals surface area contributed by atoms with Gasteiger partial charge >= 0.3 is 5.97 Å². The van der Waals surface area contributed by atoms with Gasteiger partial charge < -0.3 is 14.4 Å². The second kappa shape index (κ2) is 16.2. The summed E-state index contributed by atoms with van der Waals surface area (Å²) in [5.74, 6) is 0.462. The fourth-order valence-electron chi connectivity index (χ4n) is 5.41. The summed E-state index contributed by atoms with van der Waals surface area (Å²) in [6.07, 6.45) is 8.85. The number of hydrogen-bond donors (Lipinski definition) is 0. The third kappa shape index (κ3) is 9.25. The Labute approximate surface area is 254 Å². The van der Waals surface area contributed by atoms with Gasteiger partial charge in [-0.3, -0.25) is 19.4 Å². The molecule has 0 unspecified atom stereocenters. The quantitative estimate of drug-likeness (QED) is 0.160. The number of hydrogen-bond acceptors (Lipinski definition) is 6. The maximum atomic E-state index is 12.7. The third-order valence-electron chi connectivity index (χ3n) is 7.88. The van der Waals surface area contributed by atoms with Gasteiger partial charge in [0.05, 0.1) is 28.0 Å². The Morgan fingerprint density at radius 1 is 0.902 bits per heavy atom. The predicted molar refractivity (Wildman–Crippen MR) is 166 cm³/mol. The van der Waals surface area contributed by atoms with E-state index >= 15 is 0 Å². The highest BCUT2D eigenvalue weighted by molar-refractivity contribution is 6.43. The lowest BCUT2D eigenvalue weighted by molar-refractivity contribution is -0.144. The largest absolute Gasteiger partial charge is 0.494 e. The van der Waals surface area contributed by atoms with E-state index in [-0.39, 0.29) is 18.6 Å². The van der Waals surface area contributed by atoms with Crippen LogP contribution in [0.15, 0.2) is 36.4 Å². The maximum absolute atomic E-state index is 12.7. The van der Waals surface area contributed by atoms with Crippen molar-refractivity contribution in [1.82, 2.24) is 4.90 Å². The van der Waals surface area contributed by atoms with Crippen LogP contribution in [0.1, 0.15) is 70.3 Å². The van der Waals surface area contributed by atoms with Crippen molar-refractivity contribution in [1.29, 1.82) is 0 Å². The molecule has 1 saturated heterocycles. The zero-order valence-electron chi connectivity index (χ0n) is 24.2. The number of carbonyl (C=O) groups is 2. The Morgan fingerprint density at radius 3 is 2.51 bits per heavy atom. The number of halogens is 2. The zero-order chi connectivity index (χ0) is 29.0. The molecular weight excluding hydrogens is 561 g/mol. The summed E-state index contributed by atoms with van der Waals surface area (Å²) in [6, 6.07) is 11.7. The van der Waals surface area contributed by atoms with E-state index in [0.717, 1.165) is 87.5 Å². The van der Waals surface area contributed by atoms with Crippen LogP contribution in [0.5, 0.6) is 5.75 Å². The monoisotopic (exact) mass is 603 g/mol. The standard InChI is InChI=1S/C32H43Cl2N3O4/c1-2-3-4-5-6-12-31(39)41-24-37-29-23-26(15-13-25(29)14-16-30(37)38)40-22-8-7-17-35-18-20-36(21-19-35)28-11-9-10-27(33)32(28)34/h9-11,13,15,23H,2-8,12,14,16-22,24H2,1H3. The van der Waals surface area contributed by atoms with E-state index in [1.807, 2.05) is 36.4 Å². The number of aryl methyl sites for hydroxylation is 1. The van der Waals surface area contributed by atoms with Crippen LogP contribution in [0.2, 0.25) is 10.0 Å². The Hall–Kier alpha value is -2.48. The number of esters is 1. The number of benzene rings is 2. The van der Waals surface area contributed by atoms with Crippen LogP contribution in [-0.4, -0.2) is 62.8 Å². The molecule has 0 aromatic heterocycles. The molecule has 7 nitrogen and oxygen atoms in total. The minimum atomic E-state index is -0.247. The van der Waals surface area contributed by atoms with Crippen molar-refractivity contribution in [2.75, 3.05) is 55.9 Å². The smallest absolute Gasteiger partial charge is 0.307 e. The average Bonchev–Trinajstić information content (AvgIpc) is 2.98. The molecular formula is C32H43Cl2N3O4. The fraction of sp³-hybridized carbons (Fsp3) is 0.562. The molecule has 2 aromatic rings. The van der Waals surface area contributed by atoms with Gasteiger partial charge in [0.1, 0.15) is 5.75 Å². The highest BCUT2D eigenvalue weighted by Crippen LogP contribution is 2.33. The number of ether oxygens (including phenoxy) is 2. The van der Waals surface area contributed by atoms with Crippen molar-refractivity contribution in [3.8, 4) is 5.75 Å². The molecule has 2 aliphatic rings. The SMILES string of the molecule is CCCCCCCC(=O)OCN1C(=O)CCc2ccc(OCCCCN3CCN(c4cccc(Cl)c4Cl)CC3)cc21. The van der Waals surface area contributed by atoms with Gasteiger partial charge in [0.25, 0.3) is 0 Å². The van der Waals surface area contributed by atoms with Crippen LogP contribution in [0.4, 0.5) is 11.4 Å². The van der Waals surface area contributed by atoms with Crippen LogP contribution in [-0.2, 0) is 20.7 Å². The topological polar surface area (TPSA) is 62.3 Å². The minimum absolute atomic E-state index is 0.0249. The van der Waals surface area contributed by atoms with Gasteiger partial charge in [-0.15, -0.1) is 0 Å². The summed E-state index contributed by atoms with van der Waals surface area (Å²) in [4.78, 5) is 31.3. The molecule has 0 saturated carbocycles. The molecule has 1 fully saturated rings. The summed E-state index contributed by atoms with van der Waals surface area (Å²) < 4.78 is 11.5. The number of rotatable bonds is 15. The van der Waals surface area contributed by atoms with E-state index in [1.165, 1.54) is 12.8 Å². The summed E-state index contributed by atoms with van der Waals surface area (Å²) in [5, 5.41) is 1.22. The van der Waals surface area contributed by atoms with Gasteiger partial charge in [0.15, 0.2) is 6.73 Å². The molecule has 41 heavy (non-hydrogen) atoms. The number of unbranched alkanes of at least 4 members (excludes halogenated alkanes) is 5. The number of piperazine rings is 1.